The number of carboxylic acid groups (broad SMARTS) is 1. The van der Waals surface area contributed by atoms with Gasteiger partial charge in [-0.1, -0.05) is 26.0 Å². The van der Waals surface area contributed by atoms with Gasteiger partial charge in [0.05, 0.1) is 23.7 Å². The number of carbonyl (C=O) groups is 4. The molecule has 2 N–H and O–H groups in total. The van der Waals surface area contributed by atoms with Gasteiger partial charge in [0.2, 0.25) is 11.8 Å². The number of carbonyl (C=O) groups excluding carboxylic acids is 3. The van der Waals surface area contributed by atoms with E-state index < -0.39 is 64.3 Å². The number of halogens is 4. The van der Waals surface area contributed by atoms with Crippen molar-refractivity contribution in [1.29, 1.82) is 0 Å². The van der Waals surface area contributed by atoms with Gasteiger partial charge < -0.3 is 25.1 Å². The molecule has 1 aliphatic carbocycles. The zero-order chi connectivity index (χ0) is 30.3. The van der Waals surface area contributed by atoms with Crippen LogP contribution in [0.25, 0.3) is 0 Å². The number of nitrogens with one attached hydrogen (secondary N) is 1. The smallest absolute Gasteiger partial charge is 0.416 e. The second-order valence-corrected chi connectivity index (χ2v) is 11.0. The van der Waals surface area contributed by atoms with E-state index in [4.69, 9.17) is 0 Å². The molecule has 2 unspecified atom stereocenters. The van der Waals surface area contributed by atoms with Gasteiger partial charge in [0.25, 0.3) is 5.91 Å². The predicted molar refractivity (Wildman–Crippen MR) is 138 cm³/mol. The van der Waals surface area contributed by atoms with Crippen molar-refractivity contribution in [2.45, 2.75) is 50.9 Å². The van der Waals surface area contributed by atoms with E-state index >= 15 is 0 Å². The van der Waals surface area contributed by atoms with Gasteiger partial charge in [0, 0.05) is 25.8 Å². The topological polar surface area (TPSA) is 110 Å². The van der Waals surface area contributed by atoms with Crippen molar-refractivity contribution >= 4 is 23.7 Å². The average molecular weight is 581 g/mol. The largest absolute Gasteiger partial charge is 0.481 e. The van der Waals surface area contributed by atoms with Gasteiger partial charge >= 0.3 is 12.1 Å². The summed E-state index contributed by atoms with van der Waals surface area (Å²) >= 11 is 0. The number of likely N-dealkylation sites (tertiary alicyclic amines) is 1. The van der Waals surface area contributed by atoms with Crippen LogP contribution in [0.4, 0.5) is 17.6 Å². The van der Waals surface area contributed by atoms with Crippen molar-refractivity contribution in [3.8, 4) is 0 Å². The van der Waals surface area contributed by atoms with Crippen LogP contribution < -0.4 is 5.32 Å². The Labute approximate surface area is 234 Å². The Bertz CT molecular complexity index is 1300. The molecule has 2 heterocycles. The van der Waals surface area contributed by atoms with E-state index in [1.54, 1.807) is 44.0 Å². The van der Waals surface area contributed by atoms with Crippen molar-refractivity contribution < 1.29 is 41.8 Å². The Morgan fingerprint density at radius 3 is 2.34 bits per heavy atom. The van der Waals surface area contributed by atoms with Gasteiger partial charge in [0.15, 0.2) is 0 Å². The molecule has 1 spiro atoms. The summed E-state index contributed by atoms with van der Waals surface area (Å²) in [6.07, 6.45) is 1.15. The molecule has 2 atom stereocenters. The highest BCUT2D eigenvalue weighted by Gasteiger charge is 2.54. The third-order valence-electron chi connectivity index (χ3n) is 7.98. The van der Waals surface area contributed by atoms with E-state index in [-0.39, 0.29) is 31.8 Å². The van der Waals surface area contributed by atoms with Crippen molar-refractivity contribution in [3.05, 3.63) is 59.1 Å². The molecule has 0 radical (unpaired) electrons. The van der Waals surface area contributed by atoms with Crippen LogP contribution in [0.2, 0.25) is 0 Å². The summed E-state index contributed by atoms with van der Waals surface area (Å²) in [7, 11) is 1.67. The maximum atomic E-state index is 14.3. The first-order valence-corrected chi connectivity index (χ1v) is 13.3. The molecule has 0 bridgehead atoms. The maximum Gasteiger partial charge on any atom is 0.416 e. The molecule has 0 saturated carbocycles. The van der Waals surface area contributed by atoms with Crippen LogP contribution in [0.15, 0.2) is 42.1 Å². The highest BCUT2D eigenvalue weighted by Crippen LogP contribution is 2.40. The van der Waals surface area contributed by atoms with Gasteiger partial charge in [-0.2, -0.15) is 13.2 Å². The third-order valence-corrected chi connectivity index (χ3v) is 7.98. The summed E-state index contributed by atoms with van der Waals surface area (Å²) in [4.78, 5) is 56.0. The Morgan fingerprint density at radius 1 is 1.15 bits per heavy atom. The third kappa shape index (κ3) is 5.80. The van der Waals surface area contributed by atoms with Gasteiger partial charge in [-0.25, -0.2) is 4.39 Å². The lowest BCUT2D eigenvalue weighted by atomic mass is 9.84. The maximum absolute atomic E-state index is 14.3. The number of hydrogen-bond donors (Lipinski definition) is 2. The quantitative estimate of drug-likeness (QED) is 0.500. The lowest BCUT2D eigenvalue weighted by Crippen LogP contribution is -2.59. The fourth-order valence-electron chi connectivity index (χ4n) is 5.59. The Hall–Kier alpha value is -3.90. The molecule has 13 heteroatoms. The first-order chi connectivity index (χ1) is 19.2. The minimum Gasteiger partial charge on any atom is -0.481 e. The van der Waals surface area contributed by atoms with E-state index in [1.165, 1.54) is 4.90 Å². The molecule has 9 nitrogen and oxygen atoms in total. The van der Waals surface area contributed by atoms with Crippen molar-refractivity contribution in [2.75, 3.05) is 26.8 Å². The standard InChI is InChI=1S/C28H32F4N4O5/c1-16(2)22(33-23(37)20-14-18(28(30,31)32)6-9-21(20)29)24(38)35-12-10-27(11-13-35)26(41)34(3)15-36(27)19-7-4-17(5-8-19)25(39)40/h4,6-9,14,16-17,22H,5,10-13,15H2,1-3H3,(H,33,37)(H,39,40). The Kier molecular flexibility index (Phi) is 8.19. The number of hydrogen-bond acceptors (Lipinski definition) is 5. The summed E-state index contributed by atoms with van der Waals surface area (Å²) in [5, 5.41) is 11.7. The van der Waals surface area contributed by atoms with Crippen molar-refractivity contribution in [3.63, 3.8) is 0 Å². The number of rotatable bonds is 6. The molecule has 4 rings (SSSR count). The highest BCUT2D eigenvalue weighted by atomic mass is 19.4. The van der Waals surface area contributed by atoms with Crippen LogP contribution in [-0.4, -0.2) is 81.9 Å². The SMILES string of the molecule is CC(C)C(NC(=O)c1cc(C(F)(F)F)ccc1F)C(=O)N1CCC2(CC1)C(=O)N(C)CN2C1=CCC(C(=O)O)C=C1. The van der Waals surface area contributed by atoms with Crippen LogP contribution >= 0.6 is 0 Å². The first kappa shape index (κ1) is 30.1. The van der Waals surface area contributed by atoms with Gasteiger partial charge in [-0.05, 0) is 49.5 Å². The highest BCUT2D eigenvalue weighted by molar-refractivity contribution is 5.98. The van der Waals surface area contributed by atoms with Gasteiger partial charge in [0.1, 0.15) is 17.4 Å². The molecule has 2 aliphatic heterocycles. The summed E-state index contributed by atoms with van der Waals surface area (Å²) in [5.74, 6) is -4.92. The molecular weight excluding hydrogens is 548 g/mol. The molecule has 222 valence electrons. The van der Waals surface area contributed by atoms with Crippen LogP contribution in [0.5, 0.6) is 0 Å². The molecule has 0 aromatic heterocycles. The molecule has 1 aromatic rings. The van der Waals surface area contributed by atoms with Gasteiger partial charge in [-0.3, -0.25) is 19.2 Å². The molecule has 3 aliphatic rings. The fourth-order valence-corrected chi connectivity index (χ4v) is 5.59. The van der Waals surface area contributed by atoms with Crippen molar-refractivity contribution in [2.24, 2.45) is 11.8 Å². The number of amides is 3. The predicted octanol–water partition coefficient (Wildman–Crippen LogP) is 3.24. The van der Waals surface area contributed by atoms with Crippen molar-refractivity contribution in [1.82, 2.24) is 20.0 Å². The Morgan fingerprint density at radius 2 is 1.80 bits per heavy atom. The second-order valence-electron chi connectivity index (χ2n) is 11.0. The number of benzene rings is 1. The average Bonchev–Trinajstić information content (AvgIpc) is 3.16. The zero-order valence-corrected chi connectivity index (χ0v) is 22.9. The van der Waals surface area contributed by atoms with E-state index in [0.717, 1.165) is 5.70 Å². The first-order valence-electron chi connectivity index (χ1n) is 13.3. The summed E-state index contributed by atoms with van der Waals surface area (Å²) < 4.78 is 53.7. The molecule has 2 saturated heterocycles. The van der Waals surface area contributed by atoms with Crippen LogP contribution in [0, 0.1) is 17.7 Å². The van der Waals surface area contributed by atoms with Crippen LogP contribution in [-0.2, 0) is 20.6 Å². The molecule has 41 heavy (non-hydrogen) atoms. The van der Waals surface area contributed by atoms with E-state index in [0.29, 0.717) is 31.3 Å². The minimum atomic E-state index is -4.78. The van der Waals surface area contributed by atoms with Crippen LogP contribution in [0.3, 0.4) is 0 Å². The summed E-state index contributed by atoms with van der Waals surface area (Å²) in [5.41, 5.74) is -2.20. The van der Waals surface area contributed by atoms with E-state index in [1.807, 2.05) is 4.90 Å². The Balaban J connectivity index is 1.48. The molecule has 3 amide bonds. The van der Waals surface area contributed by atoms with E-state index in [2.05, 4.69) is 5.32 Å². The number of aliphatic carboxylic acids is 1. The number of likely N-dealkylation sites (N-methyl/N-ethyl adjacent to an activating group) is 1. The normalized spacial score (nSPS) is 21.4. The molecule has 1 aromatic carbocycles. The zero-order valence-electron chi connectivity index (χ0n) is 22.9. The molecular formula is C28H32F4N4O5. The number of allylic oxidation sites excluding steroid dienone is 2. The number of nitrogens with zero attached hydrogens (tertiary/aromatic N) is 3. The fraction of sp³-hybridized carbons (Fsp3) is 0.500. The van der Waals surface area contributed by atoms with E-state index in [9.17, 15) is 41.8 Å². The summed E-state index contributed by atoms with van der Waals surface area (Å²) in [6.45, 7) is 3.94. The number of carboxylic acids is 1. The monoisotopic (exact) mass is 580 g/mol. The van der Waals surface area contributed by atoms with Crippen LogP contribution in [0.1, 0.15) is 49.0 Å². The number of piperidine rings is 1. The number of alkyl halides is 3. The summed E-state index contributed by atoms with van der Waals surface area (Å²) in [6, 6.07) is 0.380. The lowest BCUT2D eigenvalue weighted by Gasteiger charge is -2.44. The minimum absolute atomic E-state index is 0.118. The van der Waals surface area contributed by atoms with Gasteiger partial charge in [-0.15, -0.1) is 0 Å². The second kappa shape index (κ2) is 11.2. The molecule has 2 fully saturated rings. The lowest BCUT2D eigenvalue weighted by molar-refractivity contribution is -0.141.